The zero-order chi connectivity index (χ0) is 15.6. The number of benzene rings is 2. The summed E-state index contributed by atoms with van der Waals surface area (Å²) in [4.78, 5) is 0.335. The number of nitrogens with two attached hydrogens (primary N) is 1. The molecule has 6 heteroatoms. The molecule has 0 spiro atoms. The Bertz CT molecular complexity index is 786. The molecule has 0 heterocycles. The van der Waals surface area contributed by atoms with Crippen molar-refractivity contribution < 1.29 is 8.42 Å². The Kier molecular flexibility index (Phi) is 4.29. The molecule has 0 bridgehead atoms. The first kappa shape index (κ1) is 15.5. The van der Waals surface area contributed by atoms with Crippen LogP contribution in [-0.4, -0.2) is 20.5 Å². The van der Waals surface area contributed by atoms with E-state index in [-0.39, 0.29) is 9.88 Å². The average Bonchev–Trinajstić information content (AvgIpc) is 2.46. The van der Waals surface area contributed by atoms with E-state index in [9.17, 15) is 8.42 Å². The summed E-state index contributed by atoms with van der Waals surface area (Å²) < 4.78 is 26.6. The highest BCUT2D eigenvalue weighted by Gasteiger charge is 2.21. The first-order chi connectivity index (χ1) is 9.82. The fraction of sp³-hybridized carbons (Fsp3) is 0.133. The van der Waals surface area contributed by atoms with Gasteiger partial charge in [-0.1, -0.05) is 36.5 Å². The summed E-state index contributed by atoms with van der Waals surface area (Å²) in [7, 11) is -2.12. The average molecular weight is 320 g/mol. The molecule has 0 radical (unpaired) electrons. The molecule has 21 heavy (non-hydrogen) atoms. The molecule has 2 aromatic carbocycles. The zero-order valence-electron chi connectivity index (χ0n) is 11.8. The molecule has 0 aliphatic heterocycles. The van der Waals surface area contributed by atoms with Crippen molar-refractivity contribution >= 4 is 32.9 Å². The minimum atomic E-state index is -3.65. The molecular weight excluding hydrogens is 304 g/mol. The number of hydrogen-bond acceptors (Lipinski definition) is 3. The first-order valence-corrected chi connectivity index (χ1v) is 8.12. The molecule has 0 unspecified atom stereocenters. The second-order valence-corrected chi connectivity index (χ2v) is 7.11. The predicted octanol–water partition coefficient (Wildman–Crippen LogP) is 2.45. The Morgan fingerprint density at radius 1 is 1.14 bits per heavy atom. The van der Waals surface area contributed by atoms with Gasteiger partial charge in [0.2, 0.25) is 0 Å². The lowest BCUT2D eigenvalue weighted by Crippen LogP contribution is -2.27. The van der Waals surface area contributed by atoms with Crippen molar-refractivity contribution in [3.63, 3.8) is 0 Å². The quantitative estimate of drug-likeness (QED) is 0.879. The fourth-order valence-electron chi connectivity index (χ4n) is 1.93. The molecular formula is C15H16N2O2S2. The van der Waals surface area contributed by atoms with E-state index in [2.05, 4.69) is 0 Å². The van der Waals surface area contributed by atoms with Crippen molar-refractivity contribution in [1.82, 2.24) is 0 Å². The molecule has 2 aromatic rings. The molecule has 0 fully saturated rings. The van der Waals surface area contributed by atoms with Crippen molar-refractivity contribution in [3.8, 4) is 0 Å². The highest BCUT2D eigenvalue weighted by atomic mass is 32.2. The van der Waals surface area contributed by atoms with Crippen LogP contribution in [0.25, 0.3) is 0 Å². The molecule has 0 atom stereocenters. The highest BCUT2D eigenvalue weighted by molar-refractivity contribution is 7.92. The number of thiocarbonyl (C=S) groups is 1. The Morgan fingerprint density at radius 2 is 1.81 bits per heavy atom. The Labute approximate surface area is 130 Å². The Hall–Kier alpha value is -1.92. The summed E-state index contributed by atoms with van der Waals surface area (Å²) in [5.74, 6) is 0. The van der Waals surface area contributed by atoms with E-state index in [0.717, 1.165) is 5.56 Å². The Morgan fingerprint density at radius 3 is 2.43 bits per heavy atom. The number of nitrogens with zero attached hydrogens (tertiary/aromatic N) is 1. The summed E-state index contributed by atoms with van der Waals surface area (Å²) >= 11 is 4.89. The van der Waals surface area contributed by atoms with E-state index in [4.69, 9.17) is 18.0 Å². The van der Waals surface area contributed by atoms with E-state index >= 15 is 0 Å². The van der Waals surface area contributed by atoms with E-state index < -0.39 is 10.0 Å². The van der Waals surface area contributed by atoms with Crippen LogP contribution in [-0.2, 0) is 10.0 Å². The highest BCUT2D eigenvalue weighted by Crippen LogP contribution is 2.23. The van der Waals surface area contributed by atoms with Crippen LogP contribution in [0.3, 0.4) is 0 Å². The van der Waals surface area contributed by atoms with Crippen molar-refractivity contribution in [1.29, 1.82) is 0 Å². The zero-order valence-corrected chi connectivity index (χ0v) is 13.4. The first-order valence-electron chi connectivity index (χ1n) is 6.28. The number of sulfonamides is 1. The van der Waals surface area contributed by atoms with Gasteiger partial charge >= 0.3 is 0 Å². The maximum Gasteiger partial charge on any atom is 0.264 e. The van der Waals surface area contributed by atoms with Gasteiger partial charge in [-0.15, -0.1) is 0 Å². The SMILES string of the molecule is Cc1cccc(N(C)S(=O)(=O)c2cccc(C(N)=S)c2)c1. The lowest BCUT2D eigenvalue weighted by atomic mass is 10.2. The molecule has 110 valence electrons. The van der Waals surface area contributed by atoms with Gasteiger partial charge in [-0.2, -0.15) is 0 Å². The van der Waals surface area contributed by atoms with Crippen LogP contribution in [0.4, 0.5) is 5.69 Å². The van der Waals surface area contributed by atoms with Crippen molar-refractivity contribution in [2.45, 2.75) is 11.8 Å². The van der Waals surface area contributed by atoms with E-state index in [1.807, 2.05) is 25.1 Å². The molecule has 0 aliphatic rings. The number of aryl methyl sites for hydroxylation is 1. The van der Waals surface area contributed by atoms with Crippen molar-refractivity contribution in [3.05, 3.63) is 59.7 Å². The molecule has 2 rings (SSSR count). The van der Waals surface area contributed by atoms with Gasteiger partial charge in [0.1, 0.15) is 4.99 Å². The van der Waals surface area contributed by atoms with E-state index in [0.29, 0.717) is 11.3 Å². The van der Waals surface area contributed by atoms with Crippen molar-refractivity contribution in [2.24, 2.45) is 5.73 Å². The molecule has 0 aliphatic carbocycles. The van der Waals surface area contributed by atoms with Gasteiger partial charge in [-0.25, -0.2) is 8.42 Å². The third-order valence-electron chi connectivity index (χ3n) is 3.14. The van der Waals surface area contributed by atoms with Crippen LogP contribution in [0.1, 0.15) is 11.1 Å². The maximum absolute atomic E-state index is 12.7. The monoisotopic (exact) mass is 320 g/mol. The molecule has 0 saturated heterocycles. The third-order valence-corrected chi connectivity index (χ3v) is 5.16. The van der Waals surface area contributed by atoms with Crippen LogP contribution in [0.2, 0.25) is 0 Å². The summed E-state index contributed by atoms with van der Waals surface area (Å²) in [5.41, 5.74) is 7.69. The van der Waals surface area contributed by atoms with Gasteiger partial charge in [-0.3, -0.25) is 4.31 Å². The minimum absolute atomic E-state index is 0.164. The van der Waals surface area contributed by atoms with Crippen LogP contribution in [0, 0.1) is 6.92 Å². The second kappa shape index (κ2) is 5.83. The van der Waals surface area contributed by atoms with E-state index in [1.165, 1.54) is 23.5 Å². The van der Waals surface area contributed by atoms with Crippen LogP contribution >= 0.6 is 12.2 Å². The second-order valence-electron chi connectivity index (χ2n) is 4.70. The number of anilines is 1. The number of hydrogen-bond donors (Lipinski definition) is 1. The summed E-state index contributed by atoms with van der Waals surface area (Å²) in [5, 5.41) is 0. The van der Waals surface area contributed by atoms with Crippen molar-refractivity contribution in [2.75, 3.05) is 11.4 Å². The topological polar surface area (TPSA) is 63.4 Å². The molecule has 2 N–H and O–H groups in total. The van der Waals surface area contributed by atoms with Crippen LogP contribution < -0.4 is 10.0 Å². The minimum Gasteiger partial charge on any atom is -0.389 e. The van der Waals surface area contributed by atoms with Gasteiger partial charge in [-0.05, 0) is 36.8 Å². The van der Waals surface area contributed by atoms with Gasteiger partial charge in [0.05, 0.1) is 10.6 Å². The Balaban J connectivity index is 2.46. The van der Waals surface area contributed by atoms with Gasteiger partial charge < -0.3 is 5.73 Å². The van der Waals surface area contributed by atoms with Crippen LogP contribution in [0.5, 0.6) is 0 Å². The molecule has 0 aromatic heterocycles. The van der Waals surface area contributed by atoms with Gasteiger partial charge in [0.25, 0.3) is 10.0 Å². The normalized spacial score (nSPS) is 11.1. The van der Waals surface area contributed by atoms with Gasteiger partial charge in [0, 0.05) is 12.6 Å². The maximum atomic E-state index is 12.7. The fourth-order valence-corrected chi connectivity index (χ4v) is 3.29. The van der Waals surface area contributed by atoms with Gasteiger partial charge in [0.15, 0.2) is 0 Å². The number of rotatable bonds is 4. The predicted molar refractivity (Wildman–Crippen MR) is 89.1 cm³/mol. The molecule has 0 saturated carbocycles. The lowest BCUT2D eigenvalue weighted by Gasteiger charge is -2.20. The molecule has 0 amide bonds. The third kappa shape index (κ3) is 3.22. The lowest BCUT2D eigenvalue weighted by molar-refractivity contribution is 0.594. The van der Waals surface area contributed by atoms with Crippen LogP contribution in [0.15, 0.2) is 53.4 Å². The standard InChI is InChI=1S/C15H16N2O2S2/c1-11-5-3-7-13(9-11)17(2)21(18,19)14-8-4-6-12(10-14)15(16)20/h3-10H,1-2H3,(H2,16,20). The smallest absolute Gasteiger partial charge is 0.264 e. The van der Waals surface area contributed by atoms with E-state index in [1.54, 1.807) is 18.2 Å². The largest absolute Gasteiger partial charge is 0.389 e. The molecule has 4 nitrogen and oxygen atoms in total. The summed E-state index contributed by atoms with van der Waals surface area (Å²) in [6.07, 6.45) is 0. The summed E-state index contributed by atoms with van der Waals surface area (Å²) in [6.45, 7) is 1.91. The summed E-state index contributed by atoms with van der Waals surface area (Å²) in [6, 6.07) is 13.6.